The van der Waals surface area contributed by atoms with Crippen molar-refractivity contribution in [1.29, 1.82) is 0 Å². The summed E-state index contributed by atoms with van der Waals surface area (Å²) in [4.78, 5) is 24.8. The van der Waals surface area contributed by atoms with E-state index < -0.39 is 11.5 Å². The van der Waals surface area contributed by atoms with Crippen molar-refractivity contribution in [3.8, 4) is 0 Å². The van der Waals surface area contributed by atoms with Crippen molar-refractivity contribution in [3.63, 3.8) is 0 Å². The van der Waals surface area contributed by atoms with E-state index in [4.69, 9.17) is 10.5 Å². The smallest absolute Gasteiger partial charge is 0.341 e. The molecule has 2 rings (SSSR count). The molecule has 0 aromatic carbocycles. The van der Waals surface area contributed by atoms with Gasteiger partial charge in [-0.25, -0.2) is 4.79 Å². The molecule has 19 heavy (non-hydrogen) atoms. The van der Waals surface area contributed by atoms with Crippen LogP contribution in [0.2, 0.25) is 0 Å². The quantitative estimate of drug-likeness (QED) is 0.808. The van der Waals surface area contributed by atoms with Crippen molar-refractivity contribution in [2.24, 2.45) is 5.73 Å². The summed E-state index contributed by atoms with van der Waals surface area (Å²) in [6.45, 7) is 4.06. The lowest BCUT2D eigenvalue weighted by atomic mass is 10.2. The lowest BCUT2D eigenvalue weighted by molar-refractivity contribution is -0.118. The molecule has 1 aromatic heterocycles. The van der Waals surface area contributed by atoms with E-state index in [0.717, 1.165) is 11.3 Å². The van der Waals surface area contributed by atoms with Gasteiger partial charge in [0.2, 0.25) is 5.91 Å². The zero-order valence-electron chi connectivity index (χ0n) is 11.1. The van der Waals surface area contributed by atoms with E-state index in [1.807, 2.05) is 6.92 Å². The van der Waals surface area contributed by atoms with E-state index in [0.29, 0.717) is 30.0 Å². The van der Waals surface area contributed by atoms with Gasteiger partial charge < -0.3 is 15.8 Å². The number of thiophene rings is 1. The first-order chi connectivity index (χ1) is 9.00. The van der Waals surface area contributed by atoms with Crippen molar-refractivity contribution in [2.75, 3.05) is 11.9 Å². The van der Waals surface area contributed by atoms with Crippen LogP contribution in [0, 0.1) is 0 Å². The molecule has 1 heterocycles. The van der Waals surface area contributed by atoms with E-state index in [9.17, 15) is 9.59 Å². The molecule has 0 spiro atoms. The second-order valence-corrected chi connectivity index (χ2v) is 5.78. The van der Waals surface area contributed by atoms with Crippen LogP contribution < -0.4 is 11.1 Å². The highest BCUT2D eigenvalue weighted by molar-refractivity contribution is 7.16. The Morgan fingerprint density at radius 1 is 1.47 bits per heavy atom. The maximum Gasteiger partial charge on any atom is 0.341 e. The average Bonchev–Trinajstić information content (AvgIpc) is 3.00. The number of nitrogens with two attached hydrogens (primary N) is 1. The fraction of sp³-hybridized carbons (Fsp3) is 0.538. The minimum absolute atomic E-state index is 0.220. The first-order valence-electron chi connectivity index (χ1n) is 6.40. The van der Waals surface area contributed by atoms with E-state index in [1.165, 1.54) is 11.3 Å². The summed E-state index contributed by atoms with van der Waals surface area (Å²) in [7, 11) is 0. The summed E-state index contributed by atoms with van der Waals surface area (Å²) in [5.74, 6) is -0.627. The number of ether oxygens (including phenoxy) is 1. The van der Waals surface area contributed by atoms with Crippen LogP contribution in [0.15, 0.2) is 6.07 Å². The van der Waals surface area contributed by atoms with Gasteiger partial charge in [-0.1, -0.05) is 6.92 Å². The van der Waals surface area contributed by atoms with Crippen LogP contribution in [-0.2, 0) is 16.0 Å². The molecular formula is C13H18N2O3S. The highest BCUT2D eigenvalue weighted by Gasteiger charge is 2.46. The van der Waals surface area contributed by atoms with Crippen LogP contribution in [0.4, 0.5) is 5.00 Å². The highest BCUT2D eigenvalue weighted by atomic mass is 32.1. The van der Waals surface area contributed by atoms with Gasteiger partial charge in [0.1, 0.15) is 5.00 Å². The predicted octanol–water partition coefficient (Wildman–Crippen LogP) is 1.92. The number of nitrogens with one attached hydrogen (secondary N) is 1. The van der Waals surface area contributed by atoms with Crippen LogP contribution in [0.1, 0.15) is 41.9 Å². The Morgan fingerprint density at radius 3 is 2.68 bits per heavy atom. The van der Waals surface area contributed by atoms with E-state index in [-0.39, 0.29) is 5.91 Å². The van der Waals surface area contributed by atoms with Gasteiger partial charge in [-0.2, -0.15) is 0 Å². The third-order valence-electron chi connectivity index (χ3n) is 3.09. The Balaban J connectivity index is 2.20. The first kappa shape index (κ1) is 14.0. The van der Waals surface area contributed by atoms with Crippen molar-refractivity contribution in [3.05, 3.63) is 16.5 Å². The monoisotopic (exact) mass is 282 g/mol. The molecule has 0 unspecified atom stereocenters. The fourth-order valence-corrected chi connectivity index (χ4v) is 2.64. The summed E-state index contributed by atoms with van der Waals surface area (Å²) in [6, 6.07) is 1.77. The van der Waals surface area contributed by atoms with E-state index >= 15 is 0 Å². The number of hydrogen-bond acceptors (Lipinski definition) is 5. The number of anilines is 1. The summed E-state index contributed by atoms with van der Waals surface area (Å²) in [6.07, 6.45) is 2.19. The minimum Gasteiger partial charge on any atom is -0.462 e. The molecule has 0 saturated heterocycles. The summed E-state index contributed by atoms with van der Waals surface area (Å²) in [5.41, 5.74) is 5.51. The van der Waals surface area contributed by atoms with Gasteiger partial charge in [-0.05, 0) is 32.3 Å². The lowest BCUT2D eigenvalue weighted by Gasteiger charge is -2.09. The molecule has 0 bridgehead atoms. The van der Waals surface area contributed by atoms with Crippen molar-refractivity contribution < 1.29 is 14.3 Å². The SMILES string of the molecule is CCOC(=O)c1cc(CC)sc1NC(=O)C1(N)CC1. The molecule has 0 aliphatic heterocycles. The highest BCUT2D eigenvalue weighted by Crippen LogP contribution is 2.36. The zero-order valence-corrected chi connectivity index (χ0v) is 11.9. The van der Waals surface area contributed by atoms with Gasteiger partial charge in [0, 0.05) is 4.88 Å². The summed E-state index contributed by atoms with van der Waals surface area (Å²) >= 11 is 1.40. The molecule has 1 aromatic rings. The number of carbonyl (C=O) groups is 2. The Labute approximate surface area is 116 Å². The Kier molecular flexibility index (Phi) is 3.91. The fourth-order valence-electron chi connectivity index (χ4n) is 1.66. The summed E-state index contributed by atoms with van der Waals surface area (Å²) in [5, 5.41) is 3.30. The number of esters is 1. The molecule has 0 radical (unpaired) electrons. The maximum absolute atomic E-state index is 11.9. The topological polar surface area (TPSA) is 81.4 Å². The number of carbonyl (C=O) groups excluding carboxylic acids is 2. The number of aryl methyl sites for hydroxylation is 1. The Hall–Kier alpha value is -1.40. The second-order valence-electron chi connectivity index (χ2n) is 4.64. The molecule has 1 amide bonds. The third kappa shape index (κ3) is 2.96. The van der Waals surface area contributed by atoms with Gasteiger partial charge in [0.15, 0.2) is 0 Å². The van der Waals surface area contributed by atoms with Gasteiger partial charge >= 0.3 is 5.97 Å². The Morgan fingerprint density at radius 2 is 2.16 bits per heavy atom. The number of hydrogen-bond donors (Lipinski definition) is 2. The average molecular weight is 282 g/mol. The molecule has 104 valence electrons. The minimum atomic E-state index is -0.748. The Bertz CT molecular complexity index is 506. The van der Waals surface area contributed by atoms with Crippen molar-refractivity contribution in [2.45, 2.75) is 38.6 Å². The molecule has 1 aliphatic rings. The molecule has 3 N–H and O–H groups in total. The first-order valence-corrected chi connectivity index (χ1v) is 7.22. The van der Waals surface area contributed by atoms with Crippen LogP contribution >= 0.6 is 11.3 Å². The van der Waals surface area contributed by atoms with Crippen LogP contribution in [0.3, 0.4) is 0 Å². The molecule has 1 saturated carbocycles. The van der Waals surface area contributed by atoms with Gasteiger partial charge in [0.25, 0.3) is 0 Å². The molecule has 1 fully saturated rings. The normalized spacial score (nSPS) is 15.9. The van der Waals surface area contributed by atoms with Gasteiger partial charge in [-0.15, -0.1) is 11.3 Å². The molecule has 6 heteroatoms. The standard InChI is InChI=1S/C13H18N2O3S/c1-3-8-7-9(11(16)18-4-2)10(19-8)15-12(17)13(14)5-6-13/h7H,3-6,14H2,1-2H3,(H,15,17). The molecule has 5 nitrogen and oxygen atoms in total. The van der Waals surface area contributed by atoms with Crippen LogP contribution in [0.5, 0.6) is 0 Å². The predicted molar refractivity (Wildman–Crippen MR) is 74.4 cm³/mol. The van der Waals surface area contributed by atoms with Gasteiger partial charge in [0.05, 0.1) is 17.7 Å². The number of rotatable bonds is 5. The zero-order chi connectivity index (χ0) is 14.0. The molecule has 0 atom stereocenters. The summed E-state index contributed by atoms with van der Waals surface area (Å²) < 4.78 is 4.99. The van der Waals surface area contributed by atoms with E-state index in [2.05, 4.69) is 5.32 Å². The van der Waals surface area contributed by atoms with Crippen molar-refractivity contribution in [1.82, 2.24) is 0 Å². The van der Waals surface area contributed by atoms with Crippen LogP contribution in [-0.4, -0.2) is 24.0 Å². The maximum atomic E-state index is 11.9. The number of amides is 1. The third-order valence-corrected chi connectivity index (χ3v) is 4.29. The van der Waals surface area contributed by atoms with Gasteiger partial charge in [-0.3, -0.25) is 4.79 Å². The largest absolute Gasteiger partial charge is 0.462 e. The van der Waals surface area contributed by atoms with Crippen LogP contribution in [0.25, 0.3) is 0 Å². The second kappa shape index (κ2) is 5.30. The van der Waals surface area contributed by atoms with Crippen molar-refractivity contribution >= 4 is 28.2 Å². The molecule has 1 aliphatic carbocycles. The van der Waals surface area contributed by atoms with E-state index in [1.54, 1.807) is 13.0 Å². The molecular weight excluding hydrogens is 264 g/mol. The lowest BCUT2D eigenvalue weighted by Crippen LogP contribution is -2.37.